The number of esters is 1. The number of aromatic nitrogens is 4. The molecule has 3 rings (SSSR count). The minimum absolute atomic E-state index is 0.161. The van der Waals surface area contributed by atoms with Gasteiger partial charge in [-0.05, 0) is 41.5 Å². The second-order valence-corrected chi connectivity index (χ2v) is 6.28. The van der Waals surface area contributed by atoms with Crippen molar-refractivity contribution < 1.29 is 19.4 Å². The molecule has 0 bridgehead atoms. The number of carboxylic acids is 1. The summed E-state index contributed by atoms with van der Waals surface area (Å²) in [5, 5.41) is 23.7. The minimum atomic E-state index is -1.02. The fourth-order valence-electron chi connectivity index (χ4n) is 2.99. The van der Waals surface area contributed by atoms with Gasteiger partial charge in [-0.15, -0.1) is 0 Å². The Morgan fingerprint density at radius 1 is 1.26 bits per heavy atom. The number of unbranched alkanes of at least 4 members (excludes halogenated alkanes) is 2. The zero-order chi connectivity index (χ0) is 19.4. The third kappa shape index (κ3) is 3.81. The lowest BCUT2D eigenvalue weighted by Crippen LogP contribution is -2.30. The number of fused-ring (bicyclic) bond motifs is 1. The summed E-state index contributed by atoms with van der Waals surface area (Å²) in [4.78, 5) is 23.9. The fourth-order valence-corrected chi connectivity index (χ4v) is 2.99. The Bertz CT molecular complexity index is 872. The Hall–Kier alpha value is -3.23. The molecular weight excluding hydrogens is 350 g/mol. The normalized spacial score (nSPS) is 15.9. The summed E-state index contributed by atoms with van der Waals surface area (Å²) < 4.78 is 6.94. The van der Waals surface area contributed by atoms with Crippen LogP contribution < -0.4 is 5.32 Å². The number of aromatic carboxylic acids is 1. The molecule has 142 valence electrons. The molecule has 9 nitrogen and oxygen atoms in total. The van der Waals surface area contributed by atoms with Gasteiger partial charge < -0.3 is 15.2 Å². The zero-order valence-corrected chi connectivity index (χ0v) is 15.2. The van der Waals surface area contributed by atoms with Crippen molar-refractivity contribution >= 4 is 17.9 Å². The van der Waals surface area contributed by atoms with E-state index in [4.69, 9.17) is 9.84 Å². The summed E-state index contributed by atoms with van der Waals surface area (Å²) in [6.07, 6.45) is 2.82. The molecule has 27 heavy (non-hydrogen) atoms. The van der Waals surface area contributed by atoms with Crippen molar-refractivity contribution in [2.24, 2.45) is 0 Å². The highest BCUT2D eigenvalue weighted by atomic mass is 16.5. The summed E-state index contributed by atoms with van der Waals surface area (Å²) in [5.74, 6) is -1.05. The van der Waals surface area contributed by atoms with Crippen molar-refractivity contribution in [2.75, 3.05) is 11.9 Å². The Balaban J connectivity index is 1.94. The monoisotopic (exact) mass is 371 g/mol. The molecule has 9 heteroatoms. The average molecular weight is 371 g/mol. The standard InChI is InChI=1S/C18H21N5O4/c1-3-4-5-10-27-17(26)14-11(2)19-18-20-21-22-23(18)15(14)12-6-8-13(9-7-12)16(24)25/h6-9,15H,3-5,10H2,1-2H3,(H,24,25)(H,19,20,22). The van der Waals surface area contributed by atoms with Crippen molar-refractivity contribution in [2.45, 2.75) is 39.2 Å². The Labute approximate surface area is 156 Å². The van der Waals surface area contributed by atoms with Crippen molar-refractivity contribution in [3.05, 3.63) is 46.7 Å². The van der Waals surface area contributed by atoms with Gasteiger partial charge in [0.05, 0.1) is 17.7 Å². The van der Waals surface area contributed by atoms with Crippen molar-refractivity contribution in [1.29, 1.82) is 0 Å². The summed E-state index contributed by atoms with van der Waals surface area (Å²) >= 11 is 0. The molecule has 2 N–H and O–H groups in total. The van der Waals surface area contributed by atoms with E-state index in [0.29, 0.717) is 29.4 Å². The smallest absolute Gasteiger partial charge is 0.338 e. The summed E-state index contributed by atoms with van der Waals surface area (Å²) in [7, 11) is 0. The highest BCUT2D eigenvalue weighted by molar-refractivity contribution is 5.92. The second-order valence-electron chi connectivity index (χ2n) is 6.28. The third-order valence-electron chi connectivity index (χ3n) is 4.39. The number of anilines is 1. The summed E-state index contributed by atoms with van der Waals surface area (Å²) in [6.45, 7) is 4.19. The number of tetrazole rings is 1. The molecule has 2 heterocycles. The van der Waals surface area contributed by atoms with Crippen LogP contribution in [0, 0.1) is 0 Å². The van der Waals surface area contributed by atoms with E-state index in [-0.39, 0.29) is 5.56 Å². The molecular formula is C18H21N5O4. The predicted octanol–water partition coefficient (Wildman–Crippen LogP) is 2.39. The van der Waals surface area contributed by atoms with Crippen LogP contribution in [-0.4, -0.2) is 43.9 Å². The molecule has 0 saturated heterocycles. The number of allylic oxidation sites excluding steroid dienone is 1. The van der Waals surface area contributed by atoms with E-state index in [1.807, 2.05) is 0 Å². The van der Waals surface area contributed by atoms with E-state index >= 15 is 0 Å². The number of rotatable bonds is 7. The van der Waals surface area contributed by atoms with Crippen LogP contribution in [0.25, 0.3) is 0 Å². The molecule has 1 unspecified atom stereocenters. The first-order valence-corrected chi connectivity index (χ1v) is 8.79. The Kier molecular flexibility index (Phi) is 5.49. The topological polar surface area (TPSA) is 119 Å². The number of carboxylic acid groups (broad SMARTS) is 1. The second kappa shape index (κ2) is 7.98. The van der Waals surface area contributed by atoms with Crippen LogP contribution in [0.5, 0.6) is 0 Å². The van der Waals surface area contributed by atoms with Crippen LogP contribution >= 0.6 is 0 Å². The average Bonchev–Trinajstić information content (AvgIpc) is 3.12. The first-order valence-electron chi connectivity index (χ1n) is 8.79. The van der Waals surface area contributed by atoms with Gasteiger partial charge in [0.2, 0.25) is 5.95 Å². The molecule has 1 aromatic heterocycles. The van der Waals surface area contributed by atoms with Gasteiger partial charge in [0.25, 0.3) is 0 Å². The zero-order valence-electron chi connectivity index (χ0n) is 15.2. The Morgan fingerprint density at radius 3 is 2.67 bits per heavy atom. The molecule has 0 fully saturated rings. The highest BCUT2D eigenvalue weighted by Gasteiger charge is 2.34. The maximum Gasteiger partial charge on any atom is 0.338 e. The van der Waals surface area contributed by atoms with Crippen LogP contribution in [0.4, 0.5) is 5.95 Å². The molecule has 0 amide bonds. The number of nitrogens with zero attached hydrogens (tertiary/aromatic N) is 4. The third-order valence-corrected chi connectivity index (χ3v) is 4.39. The first-order chi connectivity index (χ1) is 13.0. The molecule has 0 radical (unpaired) electrons. The van der Waals surface area contributed by atoms with Crippen molar-refractivity contribution in [3.8, 4) is 0 Å². The minimum Gasteiger partial charge on any atom is -0.478 e. The summed E-state index contributed by atoms with van der Waals surface area (Å²) in [6, 6.07) is 5.69. The SMILES string of the molecule is CCCCCOC(=O)C1=C(C)Nc2nnnn2C1c1ccc(C(=O)O)cc1. The molecule has 0 aliphatic carbocycles. The van der Waals surface area contributed by atoms with E-state index < -0.39 is 18.0 Å². The van der Waals surface area contributed by atoms with Crippen LogP contribution in [0.3, 0.4) is 0 Å². The van der Waals surface area contributed by atoms with Gasteiger partial charge in [-0.3, -0.25) is 0 Å². The van der Waals surface area contributed by atoms with Crippen LogP contribution in [0.2, 0.25) is 0 Å². The molecule has 0 spiro atoms. The number of nitrogens with one attached hydrogen (secondary N) is 1. The molecule has 1 aliphatic heterocycles. The Morgan fingerprint density at radius 2 is 2.00 bits per heavy atom. The number of carbonyl (C=O) groups is 2. The maximum atomic E-state index is 12.8. The van der Waals surface area contributed by atoms with Crippen LogP contribution in [0.1, 0.15) is 55.1 Å². The van der Waals surface area contributed by atoms with E-state index in [0.717, 1.165) is 19.3 Å². The largest absolute Gasteiger partial charge is 0.478 e. The molecule has 0 saturated carbocycles. The van der Waals surface area contributed by atoms with Crippen molar-refractivity contribution in [1.82, 2.24) is 20.2 Å². The molecule has 1 aliphatic rings. The van der Waals surface area contributed by atoms with Gasteiger partial charge in [-0.25, -0.2) is 9.59 Å². The van der Waals surface area contributed by atoms with Crippen LogP contribution in [-0.2, 0) is 9.53 Å². The number of ether oxygens (including phenoxy) is 1. The lowest BCUT2D eigenvalue weighted by Gasteiger charge is -2.27. The van der Waals surface area contributed by atoms with Gasteiger partial charge in [0.15, 0.2) is 0 Å². The van der Waals surface area contributed by atoms with Gasteiger partial charge in [-0.2, -0.15) is 4.68 Å². The number of hydrogen-bond donors (Lipinski definition) is 2. The van der Waals surface area contributed by atoms with Crippen LogP contribution in [0.15, 0.2) is 35.5 Å². The highest BCUT2D eigenvalue weighted by Crippen LogP contribution is 2.34. The fraction of sp³-hybridized carbons (Fsp3) is 0.389. The first kappa shape index (κ1) is 18.6. The molecule has 1 aromatic carbocycles. The maximum absolute atomic E-state index is 12.8. The van der Waals surface area contributed by atoms with E-state index in [9.17, 15) is 9.59 Å². The van der Waals surface area contributed by atoms with Gasteiger partial charge in [0, 0.05) is 5.70 Å². The molecule has 1 atom stereocenters. The van der Waals surface area contributed by atoms with Gasteiger partial charge >= 0.3 is 11.9 Å². The van der Waals surface area contributed by atoms with Gasteiger partial charge in [-0.1, -0.05) is 37.0 Å². The number of benzene rings is 1. The lowest BCUT2D eigenvalue weighted by molar-refractivity contribution is -0.139. The lowest BCUT2D eigenvalue weighted by atomic mass is 9.95. The number of carbonyl (C=O) groups excluding carboxylic acids is 1. The molecule has 2 aromatic rings. The summed E-state index contributed by atoms with van der Waals surface area (Å²) in [5.41, 5.74) is 1.85. The number of hydrogen-bond acceptors (Lipinski definition) is 7. The van der Waals surface area contributed by atoms with Gasteiger partial charge in [0.1, 0.15) is 6.04 Å². The quantitative estimate of drug-likeness (QED) is 0.562. The predicted molar refractivity (Wildman–Crippen MR) is 96.2 cm³/mol. The van der Waals surface area contributed by atoms with E-state index in [1.54, 1.807) is 19.1 Å². The van der Waals surface area contributed by atoms with E-state index in [1.165, 1.54) is 16.8 Å². The van der Waals surface area contributed by atoms with Crippen molar-refractivity contribution in [3.63, 3.8) is 0 Å². The van der Waals surface area contributed by atoms with E-state index in [2.05, 4.69) is 27.8 Å².